The normalized spacial score (nSPS) is 13.0. The number of carboxylic acid groups (broad SMARTS) is 1. The number of aromatic nitrogens is 1. The zero-order chi connectivity index (χ0) is 23.4. The molecule has 0 saturated heterocycles. The van der Waals surface area contributed by atoms with Crippen molar-refractivity contribution in [2.75, 3.05) is 13.2 Å². The molecule has 170 valence electrons. The molecule has 1 heterocycles. The molecule has 1 aromatic heterocycles. The van der Waals surface area contributed by atoms with Crippen LogP contribution in [0.3, 0.4) is 0 Å². The number of carbonyl (C=O) groups excluding carboxylic acids is 2. The predicted molar refractivity (Wildman–Crippen MR) is 120 cm³/mol. The number of thiazole rings is 1. The van der Waals surface area contributed by atoms with Gasteiger partial charge in [0.25, 0.3) is 5.91 Å². The number of rotatable bonds is 8. The van der Waals surface area contributed by atoms with Gasteiger partial charge in [-0.1, -0.05) is 48.5 Å². The van der Waals surface area contributed by atoms with E-state index in [1.807, 2.05) is 36.4 Å². The number of fused-ring (bicyclic) bond motifs is 3. The van der Waals surface area contributed by atoms with Crippen molar-refractivity contribution in [3.63, 3.8) is 0 Å². The van der Waals surface area contributed by atoms with Crippen molar-refractivity contribution in [3.05, 3.63) is 75.7 Å². The second-order valence-electron chi connectivity index (χ2n) is 7.35. The van der Waals surface area contributed by atoms with Crippen molar-refractivity contribution in [3.8, 4) is 11.1 Å². The molecular weight excluding hydrogens is 446 g/mol. The number of carboxylic acids is 1. The Morgan fingerprint density at radius 2 is 1.70 bits per heavy atom. The topological polar surface area (TPSA) is 138 Å². The number of nitrogens with one attached hydrogen (secondary N) is 2. The minimum atomic E-state index is -1.42. The maximum atomic E-state index is 12.3. The summed E-state index contributed by atoms with van der Waals surface area (Å²) in [4.78, 5) is 39.3. The van der Waals surface area contributed by atoms with E-state index in [0.717, 1.165) is 33.6 Å². The van der Waals surface area contributed by atoms with Gasteiger partial charge in [-0.25, -0.2) is 14.6 Å². The lowest BCUT2D eigenvalue weighted by atomic mass is 9.98. The fourth-order valence-corrected chi connectivity index (χ4v) is 4.43. The smallest absolute Gasteiger partial charge is 0.407 e. The number of hydrogen-bond donors (Lipinski definition) is 4. The first-order valence-electron chi connectivity index (χ1n) is 10.2. The molecule has 9 nitrogen and oxygen atoms in total. The van der Waals surface area contributed by atoms with Crippen LogP contribution >= 0.6 is 11.3 Å². The Morgan fingerprint density at radius 3 is 2.30 bits per heavy atom. The van der Waals surface area contributed by atoms with E-state index in [-0.39, 0.29) is 24.8 Å². The molecule has 3 aromatic rings. The molecule has 1 atom stereocenters. The van der Waals surface area contributed by atoms with Crippen LogP contribution in [0.2, 0.25) is 0 Å². The van der Waals surface area contributed by atoms with Gasteiger partial charge in [-0.15, -0.1) is 11.3 Å². The van der Waals surface area contributed by atoms with Gasteiger partial charge >= 0.3 is 12.1 Å². The molecule has 0 bridgehead atoms. The molecule has 2 amide bonds. The van der Waals surface area contributed by atoms with Gasteiger partial charge in [-0.05, 0) is 22.3 Å². The average Bonchev–Trinajstić information content (AvgIpc) is 3.42. The number of carbonyl (C=O) groups is 3. The molecule has 0 radical (unpaired) electrons. The van der Waals surface area contributed by atoms with Crippen molar-refractivity contribution < 1.29 is 29.3 Å². The molecule has 1 unspecified atom stereocenters. The van der Waals surface area contributed by atoms with Crippen LogP contribution in [0, 0.1) is 0 Å². The summed E-state index contributed by atoms with van der Waals surface area (Å²) in [5, 5.41) is 24.6. The van der Waals surface area contributed by atoms with Crippen molar-refractivity contribution in [2.45, 2.75) is 18.5 Å². The lowest BCUT2D eigenvalue weighted by molar-refractivity contribution is -0.140. The van der Waals surface area contributed by atoms with Crippen LogP contribution in [0.15, 0.2) is 53.9 Å². The van der Waals surface area contributed by atoms with Crippen LogP contribution in [-0.2, 0) is 16.1 Å². The van der Waals surface area contributed by atoms with Gasteiger partial charge in [0.2, 0.25) is 0 Å². The van der Waals surface area contributed by atoms with Crippen molar-refractivity contribution in [1.29, 1.82) is 0 Å². The van der Waals surface area contributed by atoms with E-state index in [9.17, 15) is 14.4 Å². The summed E-state index contributed by atoms with van der Waals surface area (Å²) in [6.07, 6.45) is -0.607. The Hall–Kier alpha value is -3.76. The lowest BCUT2D eigenvalue weighted by Crippen LogP contribution is -2.43. The summed E-state index contributed by atoms with van der Waals surface area (Å²) < 4.78 is 5.46. The third-order valence-electron chi connectivity index (χ3n) is 5.30. The summed E-state index contributed by atoms with van der Waals surface area (Å²) in [5.74, 6) is -2.12. The first-order chi connectivity index (χ1) is 16.0. The molecule has 4 N–H and O–H groups in total. The highest BCUT2D eigenvalue weighted by Crippen LogP contribution is 2.44. The van der Waals surface area contributed by atoms with Gasteiger partial charge in [0.15, 0.2) is 6.04 Å². The molecule has 0 aliphatic heterocycles. The van der Waals surface area contributed by atoms with Crippen molar-refractivity contribution >= 4 is 29.3 Å². The van der Waals surface area contributed by atoms with E-state index in [4.69, 9.17) is 14.9 Å². The Balaban J connectivity index is 1.31. The Morgan fingerprint density at radius 1 is 1.06 bits per heavy atom. The van der Waals surface area contributed by atoms with Crippen LogP contribution in [0.4, 0.5) is 4.79 Å². The van der Waals surface area contributed by atoms with Gasteiger partial charge in [0.1, 0.15) is 17.3 Å². The van der Waals surface area contributed by atoms with E-state index in [2.05, 4.69) is 27.8 Å². The number of hydrogen-bond acceptors (Lipinski definition) is 7. The largest absolute Gasteiger partial charge is 0.480 e. The second-order valence-corrected chi connectivity index (χ2v) is 8.30. The number of aliphatic hydroxyl groups is 1. The van der Waals surface area contributed by atoms with Crippen molar-refractivity contribution in [1.82, 2.24) is 15.6 Å². The molecule has 33 heavy (non-hydrogen) atoms. The third kappa shape index (κ3) is 4.86. The number of benzene rings is 2. The standard InChI is InChI=1S/C23H21N3O6S/c27-10-18(22(29)30)26-21(28)19-12-33-20(25-19)9-24-23(31)32-11-17-15-7-3-1-5-13(15)14-6-2-4-8-16(14)17/h1-8,12,17-18,27H,9-11H2,(H,24,31)(H,26,28)(H,29,30). The quantitative estimate of drug-likeness (QED) is 0.399. The van der Waals surface area contributed by atoms with Crippen LogP contribution in [-0.4, -0.2) is 52.4 Å². The summed E-state index contributed by atoms with van der Waals surface area (Å²) in [6, 6.07) is 14.7. The number of aliphatic carboxylic acids is 1. The zero-order valence-corrected chi connectivity index (χ0v) is 18.2. The fraction of sp³-hybridized carbons (Fsp3) is 0.217. The first kappa shape index (κ1) is 22.4. The van der Waals surface area contributed by atoms with E-state index in [0.29, 0.717) is 5.01 Å². The summed E-state index contributed by atoms with van der Waals surface area (Å²) >= 11 is 1.14. The van der Waals surface area contributed by atoms with Gasteiger partial charge in [-0.2, -0.15) is 0 Å². The predicted octanol–water partition coefficient (Wildman–Crippen LogP) is 2.36. The van der Waals surface area contributed by atoms with Crippen LogP contribution in [0.25, 0.3) is 11.1 Å². The SMILES string of the molecule is O=C(NCc1nc(C(=O)NC(CO)C(=O)O)cs1)OCC1c2ccccc2-c2ccccc21. The second kappa shape index (κ2) is 9.80. The number of amides is 2. The monoisotopic (exact) mass is 467 g/mol. The molecule has 0 fully saturated rings. The van der Waals surface area contributed by atoms with E-state index in [1.165, 1.54) is 5.38 Å². The maximum Gasteiger partial charge on any atom is 0.407 e. The van der Waals surface area contributed by atoms with E-state index < -0.39 is 30.6 Å². The van der Waals surface area contributed by atoms with Crippen LogP contribution in [0.1, 0.15) is 32.5 Å². The van der Waals surface area contributed by atoms with Crippen LogP contribution in [0.5, 0.6) is 0 Å². The zero-order valence-electron chi connectivity index (χ0n) is 17.4. The highest BCUT2D eigenvalue weighted by molar-refractivity contribution is 7.09. The molecule has 4 rings (SSSR count). The van der Waals surface area contributed by atoms with Gasteiger partial charge in [-0.3, -0.25) is 4.79 Å². The third-order valence-corrected chi connectivity index (χ3v) is 6.15. The minimum Gasteiger partial charge on any atom is -0.480 e. The van der Waals surface area contributed by atoms with Gasteiger partial charge in [0.05, 0.1) is 13.2 Å². The number of aliphatic hydroxyl groups excluding tert-OH is 1. The lowest BCUT2D eigenvalue weighted by Gasteiger charge is -2.14. The van der Waals surface area contributed by atoms with Crippen molar-refractivity contribution in [2.24, 2.45) is 0 Å². The molecule has 1 aliphatic rings. The Kier molecular flexibility index (Phi) is 6.66. The van der Waals surface area contributed by atoms with Crippen LogP contribution < -0.4 is 10.6 Å². The number of ether oxygens (including phenoxy) is 1. The van der Waals surface area contributed by atoms with E-state index in [1.54, 1.807) is 0 Å². The highest BCUT2D eigenvalue weighted by Gasteiger charge is 2.29. The Bertz CT molecular complexity index is 1150. The summed E-state index contributed by atoms with van der Waals surface area (Å²) in [5.41, 5.74) is 4.52. The molecule has 0 saturated carbocycles. The fourth-order valence-electron chi connectivity index (χ4n) is 3.71. The number of nitrogens with zero attached hydrogens (tertiary/aromatic N) is 1. The summed E-state index contributed by atoms with van der Waals surface area (Å²) in [6.45, 7) is -0.499. The molecule has 1 aliphatic carbocycles. The number of alkyl carbamates (subject to hydrolysis) is 1. The van der Waals surface area contributed by atoms with Gasteiger partial charge < -0.3 is 25.6 Å². The minimum absolute atomic E-state index is 0.00374. The molecule has 0 spiro atoms. The highest BCUT2D eigenvalue weighted by atomic mass is 32.1. The average molecular weight is 468 g/mol. The summed E-state index contributed by atoms with van der Waals surface area (Å²) in [7, 11) is 0. The first-order valence-corrected chi connectivity index (χ1v) is 11.0. The molecule has 10 heteroatoms. The Labute approximate surface area is 193 Å². The molecular formula is C23H21N3O6S. The van der Waals surface area contributed by atoms with Gasteiger partial charge in [0, 0.05) is 11.3 Å². The maximum absolute atomic E-state index is 12.3. The molecule has 2 aromatic carbocycles. The van der Waals surface area contributed by atoms with E-state index >= 15 is 0 Å².